The molecule has 2 aliphatic rings. The van der Waals surface area contributed by atoms with E-state index in [-0.39, 0.29) is 16.9 Å². The van der Waals surface area contributed by atoms with E-state index in [4.69, 9.17) is 19.2 Å². The Morgan fingerprint density at radius 3 is 2.06 bits per heavy atom. The van der Waals surface area contributed by atoms with Gasteiger partial charge in [0.05, 0.1) is 12.2 Å². The summed E-state index contributed by atoms with van der Waals surface area (Å²) in [4.78, 5) is 42.7. The predicted octanol–water partition coefficient (Wildman–Crippen LogP) is 5.22. The van der Waals surface area contributed by atoms with Crippen LogP contribution in [0.5, 0.6) is 0 Å². The van der Waals surface area contributed by atoms with Gasteiger partial charge in [-0.3, -0.25) is 0 Å². The maximum Gasteiger partial charge on any atom is 0.425 e. The van der Waals surface area contributed by atoms with Gasteiger partial charge in [-0.2, -0.15) is 4.90 Å². The van der Waals surface area contributed by atoms with Crippen molar-refractivity contribution in [3.05, 3.63) is 16.9 Å². The highest BCUT2D eigenvalue weighted by Crippen LogP contribution is 2.39. The molecular formula is C24H32BrN5O5. The van der Waals surface area contributed by atoms with Gasteiger partial charge in [-0.1, -0.05) is 0 Å². The number of rotatable bonds is 2. The highest BCUT2D eigenvalue weighted by atomic mass is 79.9. The quantitative estimate of drug-likeness (QED) is 0.497. The molecule has 2 aromatic heterocycles. The lowest BCUT2D eigenvalue weighted by molar-refractivity contribution is -0.158. The minimum atomic E-state index is -0.905. The molecule has 10 nitrogen and oxygen atoms in total. The van der Waals surface area contributed by atoms with E-state index in [9.17, 15) is 9.59 Å². The number of imide groups is 1. The van der Waals surface area contributed by atoms with E-state index in [1.807, 2.05) is 6.07 Å². The van der Waals surface area contributed by atoms with Gasteiger partial charge >= 0.3 is 12.2 Å². The minimum absolute atomic E-state index is 0.00291. The van der Waals surface area contributed by atoms with E-state index in [1.165, 1.54) is 6.33 Å². The molecule has 2 saturated heterocycles. The fourth-order valence-corrected chi connectivity index (χ4v) is 4.59. The number of carbonyl (C=O) groups excluding carboxylic acids is 2. The average Bonchev–Trinajstić information content (AvgIpc) is 2.70. The van der Waals surface area contributed by atoms with Gasteiger partial charge in [0.2, 0.25) is 0 Å². The number of anilines is 2. The third-order valence-electron chi connectivity index (χ3n) is 5.84. The van der Waals surface area contributed by atoms with Gasteiger partial charge < -0.3 is 19.1 Å². The van der Waals surface area contributed by atoms with Crippen LogP contribution in [0.3, 0.4) is 0 Å². The summed E-state index contributed by atoms with van der Waals surface area (Å²) in [6, 6.07) is 1.89. The van der Waals surface area contributed by atoms with Crippen molar-refractivity contribution in [1.29, 1.82) is 0 Å². The molecule has 4 rings (SSSR count). The monoisotopic (exact) mass is 549 g/mol. The van der Waals surface area contributed by atoms with Crippen LogP contribution in [0.15, 0.2) is 16.9 Å². The molecule has 190 valence electrons. The number of ether oxygens (including phenoxy) is 3. The standard InChI is InChI=1S/C24H32BrN5O5/c1-22(2,3)34-20(31)30(21(32)35-23(4,5)6)19-18-17(26-14-27-19)15(25)13-16(28-18)29-10-7-24(8-11-29)9-12-33-24/h13-14H,7-12H2,1-6H3. The number of carbonyl (C=O) groups is 2. The van der Waals surface area contributed by atoms with Crippen LogP contribution in [-0.4, -0.2) is 63.6 Å². The van der Waals surface area contributed by atoms with Crippen LogP contribution in [0.2, 0.25) is 0 Å². The maximum absolute atomic E-state index is 13.2. The molecule has 2 aromatic rings. The molecule has 2 amide bonds. The molecule has 35 heavy (non-hydrogen) atoms. The smallest absolute Gasteiger partial charge is 0.425 e. The van der Waals surface area contributed by atoms with Gasteiger partial charge in [0.1, 0.15) is 34.4 Å². The van der Waals surface area contributed by atoms with Crippen molar-refractivity contribution in [2.24, 2.45) is 0 Å². The third kappa shape index (κ3) is 5.66. The predicted molar refractivity (Wildman–Crippen MR) is 135 cm³/mol. The minimum Gasteiger partial charge on any atom is -0.443 e. The Kier molecular flexibility index (Phi) is 6.69. The van der Waals surface area contributed by atoms with Gasteiger partial charge in [-0.25, -0.2) is 24.5 Å². The topological polar surface area (TPSA) is 107 Å². The van der Waals surface area contributed by atoms with E-state index < -0.39 is 23.4 Å². The van der Waals surface area contributed by atoms with Crippen molar-refractivity contribution in [1.82, 2.24) is 15.0 Å². The van der Waals surface area contributed by atoms with E-state index in [2.05, 4.69) is 30.8 Å². The summed E-state index contributed by atoms with van der Waals surface area (Å²) in [5, 5.41) is 0. The summed E-state index contributed by atoms with van der Waals surface area (Å²) in [6.45, 7) is 12.7. The van der Waals surface area contributed by atoms with Crippen LogP contribution in [-0.2, 0) is 14.2 Å². The molecule has 0 unspecified atom stereocenters. The summed E-state index contributed by atoms with van der Waals surface area (Å²) in [5.74, 6) is 0.694. The molecular weight excluding hydrogens is 518 g/mol. The number of pyridine rings is 1. The van der Waals surface area contributed by atoms with Gasteiger partial charge in [0, 0.05) is 17.6 Å². The fraction of sp³-hybridized carbons (Fsp3) is 0.625. The van der Waals surface area contributed by atoms with Crippen LogP contribution >= 0.6 is 15.9 Å². The lowest BCUT2D eigenvalue weighted by Crippen LogP contribution is -2.52. The van der Waals surface area contributed by atoms with Crippen molar-refractivity contribution < 1.29 is 23.8 Å². The first-order valence-corrected chi connectivity index (χ1v) is 12.5. The number of hydrogen-bond acceptors (Lipinski definition) is 9. The molecule has 2 aliphatic heterocycles. The summed E-state index contributed by atoms with van der Waals surface area (Å²) >= 11 is 3.58. The Hall–Kier alpha value is -2.53. The molecule has 11 heteroatoms. The largest absolute Gasteiger partial charge is 0.443 e. The number of nitrogens with zero attached hydrogens (tertiary/aromatic N) is 5. The van der Waals surface area contributed by atoms with Gasteiger partial charge in [0.25, 0.3) is 0 Å². The van der Waals surface area contributed by atoms with E-state index in [0.717, 1.165) is 43.9 Å². The normalized spacial score (nSPS) is 17.7. The number of piperidine rings is 1. The lowest BCUT2D eigenvalue weighted by atomic mass is 9.84. The van der Waals surface area contributed by atoms with Crippen molar-refractivity contribution in [2.45, 2.75) is 77.6 Å². The van der Waals surface area contributed by atoms with Crippen LogP contribution in [0.1, 0.15) is 60.8 Å². The second-order valence-corrected chi connectivity index (χ2v) is 11.8. The summed E-state index contributed by atoms with van der Waals surface area (Å²) in [5.41, 5.74) is -0.928. The number of hydrogen-bond donors (Lipinski definition) is 0. The molecule has 0 radical (unpaired) electrons. The molecule has 0 aliphatic carbocycles. The average molecular weight is 550 g/mol. The second kappa shape index (κ2) is 9.16. The third-order valence-corrected chi connectivity index (χ3v) is 6.44. The van der Waals surface area contributed by atoms with Gasteiger partial charge in [-0.05, 0) is 82.8 Å². The number of amides is 2. The highest BCUT2D eigenvalue weighted by Gasteiger charge is 2.41. The lowest BCUT2D eigenvalue weighted by Gasteiger charge is -2.47. The maximum atomic E-state index is 13.2. The molecule has 1 spiro atoms. The Labute approximate surface area is 213 Å². The van der Waals surface area contributed by atoms with E-state index in [1.54, 1.807) is 41.5 Å². The molecule has 0 atom stereocenters. The Balaban J connectivity index is 1.75. The number of aromatic nitrogens is 3. The molecule has 0 saturated carbocycles. The van der Waals surface area contributed by atoms with Crippen molar-refractivity contribution >= 4 is 50.8 Å². The van der Waals surface area contributed by atoms with Gasteiger partial charge in [-0.15, -0.1) is 0 Å². The van der Waals surface area contributed by atoms with Crippen LogP contribution < -0.4 is 9.80 Å². The summed E-state index contributed by atoms with van der Waals surface area (Å²) < 4.78 is 17.5. The van der Waals surface area contributed by atoms with Crippen molar-refractivity contribution in [3.63, 3.8) is 0 Å². The SMILES string of the molecule is CC(C)(C)OC(=O)N(C(=O)OC(C)(C)C)c1ncnc2c(Br)cc(N3CCC4(CCO4)CC3)nc12. The Bertz CT molecular complexity index is 1100. The zero-order chi connectivity index (χ0) is 25.6. The fourth-order valence-electron chi connectivity index (χ4n) is 4.09. The van der Waals surface area contributed by atoms with Crippen LogP contribution in [0.4, 0.5) is 21.2 Å². The van der Waals surface area contributed by atoms with E-state index >= 15 is 0 Å². The summed E-state index contributed by atoms with van der Waals surface area (Å²) in [6.07, 6.45) is 2.40. The van der Waals surface area contributed by atoms with Crippen LogP contribution in [0.25, 0.3) is 11.0 Å². The van der Waals surface area contributed by atoms with Crippen molar-refractivity contribution in [3.8, 4) is 0 Å². The zero-order valence-electron chi connectivity index (χ0n) is 21.1. The first kappa shape index (κ1) is 25.6. The Morgan fingerprint density at radius 1 is 1.00 bits per heavy atom. The number of fused-ring (bicyclic) bond motifs is 1. The zero-order valence-corrected chi connectivity index (χ0v) is 22.6. The molecule has 2 fully saturated rings. The first-order chi connectivity index (χ1) is 16.3. The highest BCUT2D eigenvalue weighted by molar-refractivity contribution is 9.10. The number of halogens is 1. The van der Waals surface area contributed by atoms with E-state index in [0.29, 0.717) is 15.8 Å². The first-order valence-electron chi connectivity index (χ1n) is 11.7. The summed E-state index contributed by atoms with van der Waals surface area (Å²) in [7, 11) is 0. The van der Waals surface area contributed by atoms with Crippen molar-refractivity contribution in [2.75, 3.05) is 29.5 Å². The second-order valence-electron chi connectivity index (χ2n) is 10.9. The Morgan fingerprint density at radius 2 is 1.57 bits per heavy atom. The van der Waals surface area contributed by atoms with Crippen LogP contribution in [0, 0.1) is 0 Å². The molecule has 0 N–H and O–H groups in total. The molecule has 0 aromatic carbocycles. The molecule has 0 bridgehead atoms. The molecule has 4 heterocycles. The van der Waals surface area contributed by atoms with Gasteiger partial charge in [0.15, 0.2) is 5.82 Å².